The second-order valence-electron chi connectivity index (χ2n) is 6.36. The van der Waals surface area contributed by atoms with Crippen molar-refractivity contribution in [2.75, 3.05) is 26.7 Å². The van der Waals surface area contributed by atoms with Crippen molar-refractivity contribution in [3.05, 3.63) is 65.7 Å². The fourth-order valence-corrected chi connectivity index (χ4v) is 2.81. The Hall–Kier alpha value is -1.80. The molecule has 1 atom stereocenters. The molecule has 0 saturated carbocycles. The van der Waals surface area contributed by atoms with E-state index in [0.717, 1.165) is 43.2 Å². The summed E-state index contributed by atoms with van der Waals surface area (Å²) in [5.41, 5.74) is 2.20. The van der Waals surface area contributed by atoms with E-state index in [1.54, 1.807) is 7.11 Å². The number of rotatable bonds is 10. The summed E-state index contributed by atoms with van der Waals surface area (Å²) < 4.78 is 5.26. The number of nitrogens with zero attached hydrogens (tertiary/aromatic N) is 1. The minimum atomic E-state index is -0.463. The van der Waals surface area contributed by atoms with Crippen molar-refractivity contribution >= 4 is 29.9 Å². The van der Waals surface area contributed by atoms with Gasteiger partial charge in [0.05, 0.1) is 13.2 Å². The number of methoxy groups -OCH3 is 1. The first-order valence-electron chi connectivity index (χ1n) is 9.61. The molecule has 3 N–H and O–H groups in total. The zero-order chi connectivity index (χ0) is 19.3. The average molecular weight is 497 g/mol. The number of hydrogen-bond donors (Lipinski definition) is 3. The van der Waals surface area contributed by atoms with Crippen molar-refractivity contribution in [3.63, 3.8) is 0 Å². The fraction of sp³-hybridized carbons (Fsp3) is 0.409. The second kappa shape index (κ2) is 14.2. The Labute approximate surface area is 185 Å². The van der Waals surface area contributed by atoms with Gasteiger partial charge in [-0.15, -0.1) is 24.0 Å². The number of aliphatic hydroxyl groups excluding tert-OH is 1. The molecule has 0 radical (unpaired) electrons. The second-order valence-corrected chi connectivity index (χ2v) is 6.36. The highest BCUT2D eigenvalue weighted by atomic mass is 127. The summed E-state index contributed by atoms with van der Waals surface area (Å²) in [7, 11) is 1.69. The van der Waals surface area contributed by atoms with Crippen LogP contribution < -0.4 is 15.4 Å². The molecular formula is C22H32IN3O2. The number of ether oxygens (including phenoxy) is 1. The van der Waals surface area contributed by atoms with Gasteiger partial charge in [0, 0.05) is 19.6 Å². The third kappa shape index (κ3) is 8.93. The number of aliphatic hydroxyl groups is 1. The van der Waals surface area contributed by atoms with Crippen LogP contribution in [-0.2, 0) is 6.42 Å². The largest absolute Gasteiger partial charge is 0.497 e. The van der Waals surface area contributed by atoms with Crippen molar-refractivity contribution in [1.82, 2.24) is 10.6 Å². The van der Waals surface area contributed by atoms with E-state index < -0.39 is 6.10 Å². The number of hydrogen-bond acceptors (Lipinski definition) is 3. The number of guanidine groups is 1. The van der Waals surface area contributed by atoms with Crippen LogP contribution >= 0.6 is 24.0 Å². The van der Waals surface area contributed by atoms with Gasteiger partial charge in [-0.3, -0.25) is 4.99 Å². The van der Waals surface area contributed by atoms with Gasteiger partial charge in [0.25, 0.3) is 0 Å². The predicted octanol–water partition coefficient (Wildman–Crippen LogP) is 3.92. The van der Waals surface area contributed by atoms with Gasteiger partial charge in [0.2, 0.25) is 0 Å². The molecule has 1 unspecified atom stereocenters. The van der Waals surface area contributed by atoms with Gasteiger partial charge >= 0.3 is 0 Å². The monoisotopic (exact) mass is 497 g/mol. The summed E-state index contributed by atoms with van der Waals surface area (Å²) in [6, 6.07) is 17.9. The molecule has 0 aliphatic carbocycles. The molecule has 0 fully saturated rings. The van der Waals surface area contributed by atoms with E-state index in [1.165, 1.54) is 5.56 Å². The lowest BCUT2D eigenvalue weighted by Crippen LogP contribution is -2.38. The third-order valence-corrected chi connectivity index (χ3v) is 4.27. The maximum atomic E-state index is 10.2. The lowest BCUT2D eigenvalue weighted by Gasteiger charge is -2.14. The highest BCUT2D eigenvalue weighted by Crippen LogP contribution is 2.15. The molecule has 0 aliphatic heterocycles. The quantitative estimate of drug-likeness (QED) is 0.202. The third-order valence-electron chi connectivity index (χ3n) is 4.27. The highest BCUT2D eigenvalue weighted by molar-refractivity contribution is 14.0. The number of aryl methyl sites for hydroxylation is 1. The van der Waals surface area contributed by atoms with Gasteiger partial charge in [0.15, 0.2) is 5.96 Å². The fourth-order valence-electron chi connectivity index (χ4n) is 2.81. The molecule has 0 spiro atoms. The van der Waals surface area contributed by atoms with Gasteiger partial charge in [-0.05, 0) is 49.4 Å². The van der Waals surface area contributed by atoms with E-state index in [-0.39, 0.29) is 24.0 Å². The Morgan fingerprint density at radius 2 is 1.89 bits per heavy atom. The van der Waals surface area contributed by atoms with Crippen LogP contribution in [0.4, 0.5) is 0 Å². The normalized spacial score (nSPS) is 12.0. The first kappa shape index (κ1) is 24.2. The molecule has 2 aromatic carbocycles. The molecule has 0 amide bonds. The van der Waals surface area contributed by atoms with Crippen LogP contribution in [0.5, 0.6) is 5.75 Å². The SMILES string of the molecule is CCNC(=NCCCc1cccc(OC)c1)NCCC(O)c1ccccc1.I. The van der Waals surface area contributed by atoms with Crippen LogP contribution in [0.2, 0.25) is 0 Å². The van der Waals surface area contributed by atoms with Crippen molar-refractivity contribution in [3.8, 4) is 5.75 Å². The van der Waals surface area contributed by atoms with Crippen LogP contribution in [0, 0.1) is 0 Å². The molecule has 5 nitrogen and oxygen atoms in total. The standard InChI is InChI=1S/C22H31N3O2.HI/c1-3-23-22(25-16-14-21(26)19-11-5-4-6-12-19)24-15-8-10-18-9-7-13-20(17-18)27-2;/h4-7,9,11-13,17,21,26H,3,8,10,14-16H2,1-2H3,(H2,23,24,25);1H. The Morgan fingerprint density at radius 3 is 2.61 bits per heavy atom. The summed E-state index contributed by atoms with van der Waals surface area (Å²) in [5.74, 6) is 1.69. The van der Waals surface area contributed by atoms with E-state index in [2.05, 4.69) is 27.8 Å². The molecule has 28 heavy (non-hydrogen) atoms. The number of aliphatic imine (C=N–C) groups is 1. The van der Waals surface area contributed by atoms with E-state index in [0.29, 0.717) is 13.0 Å². The Balaban J connectivity index is 0.00000392. The van der Waals surface area contributed by atoms with Gasteiger partial charge in [-0.2, -0.15) is 0 Å². The van der Waals surface area contributed by atoms with E-state index in [1.807, 2.05) is 49.4 Å². The van der Waals surface area contributed by atoms with Gasteiger partial charge in [0.1, 0.15) is 5.75 Å². The molecule has 2 aromatic rings. The molecule has 2 rings (SSSR count). The molecule has 0 aromatic heterocycles. The summed E-state index contributed by atoms with van der Waals surface area (Å²) in [4.78, 5) is 4.62. The highest BCUT2D eigenvalue weighted by Gasteiger charge is 2.07. The molecule has 6 heteroatoms. The molecule has 154 valence electrons. The molecule has 0 saturated heterocycles. The average Bonchev–Trinajstić information content (AvgIpc) is 2.71. The Bertz CT molecular complexity index is 695. The minimum absolute atomic E-state index is 0. The maximum absolute atomic E-state index is 10.2. The summed E-state index contributed by atoms with van der Waals surface area (Å²) in [5, 5.41) is 16.8. The maximum Gasteiger partial charge on any atom is 0.191 e. The minimum Gasteiger partial charge on any atom is -0.497 e. The topological polar surface area (TPSA) is 65.9 Å². The zero-order valence-corrected chi connectivity index (χ0v) is 19.1. The lowest BCUT2D eigenvalue weighted by atomic mass is 10.1. The Morgan fingerprint density at radius 1 is 1.11 bits per heavy atom. The summed E-state index contributed by atoms with van der Waals surface area (Å²) >= 11 is 0. The van der Waals surface area contributed by atoms with Gasteiger partial charge < -0.3 is 20.5 Å². The first-order chi connectivity index (χ1) is 13.2. The zero-order valence-electron chi connectivity index (χ0n) is 16.7. The van der Waals surface area contributed by atoms with Crippen LogP contribution in [0.3, 0.4) is 0 Å². The predicted molar refractivity (Wildman–Crippen MR) is 127 cm³/mol. The molecule has 0 aliphatic rings. The smallest absolute Gasteiger partial charge is 0.191 e. The summed E-state index contributed by atoms with van der Waals surface area (Å²) in [6.07, 6.45) is 2.11. The van der Waals surface area contributed by atoms with Crippen molar-refractivity contribution < 1.29 is 9.84 Å². The van der Waals surface area contributed by atoms with Crippen molar-refractivity contribution in [2.24, 2.45) is 4.99 Å². The van der Waals surface area contributed by atoms with Gasteiger partial charge in [-0.1, -0.05) is 42.5 Å². The molecule has 0 heterocycles. The number of halogens is 1. The van der Waals surface area contributed by atoms with E-state index in [4.69, 9.17) is 4.74 Å². The van der Waals surface area contributed by atoms with Crippen LogP contribution in [-0.4, -0.2) is 37.8 Å². The van der Waals surface area contributed by atoms with E-state index >= 15 is 0 Å². The first-order valence-corrected chi connectivity index (χ1v) is 9.61. The van der Waals surface area contributed by atoms with E-state index in [9.17, 15) is 5.11 Å². The number of benzene rings is 2. The Kier molecular flexibility index (Phi) is 12.3. The lowest BCUT2D eigenvalue weighted by molar-refractivity contribution is 0.168. The van der Waals surface area contributed by atoms with Crippen molar-refractivity contribution in [2.45, 2.75) is 32.3 Å². The molecular weight excluding hydrogens is 465 g/mol. The van der Waals surface area contributed by atoms with Crippen LogP contribution in [0.25, 0.3) is 0 Å². The van der Waals surface area contributed by atoms with Crippen LogP contribution in [0.1, 0.15) is 37.0 Å². The van der Waals surface area contributed by atoms with Crippen molar-refractivity contribution in [1.29, 1.82) is 0 Å². The molecule has 0 bridgehead atoms. The summed E-state index contributed by atoms with van der Waals surface area (Å²) in [6.45, 7) is 4.26. The number of nitrogens with one attached hydrogen (secondary N) is 2. The van der Waals surface area contributed by atoms with Crippen LogP contribution in [0.15, 0.2) is 59.6 Å². The van der Waals surface area contributed by atoms with Gasteiger partial charge in [-0.25, -0.2) is 0 Å².